The number of ether oxygens (including phenoxy) is 1. The lowest BCUT2D eigenvalue weighted by Crippen LogP contribution is -2.21. The van der Waals surface area contributed by atoms with Crippen molar-refractivity contribution in [1.29, 1.82) is 0 Å². The van der Waals surface area contributed by atoms with Crippen LogP contribution in [0.3, 0.4) is 0 Å². The minimum Gasteiger partial charge on any atom is -0.494 e. The van der Waals surface area contributed by atoms with Crippen molar-refractivity contribution < 1.29 is 4.74 Å². The zero-order valence-electron chi connectivity index (χ0n) is 12.0. The molecule has 0 fully saturated rings. The van der Waals surface area contributed by atoms with E-state index in [1.165, 1.54) is 5.56 Å². The summed E-state index contributed by atoms with van der Waals surface area (Å²) in [7, 11) is 0. The second kappa shape index (κ2) is 7.70. The van der Waals surface area contributed by atoms with E-state index < -0.39 is 0 Å². The highest BCUT2D eigenvalue weighted by atomic mass is 16.5. The van der Waals surface area contributed by atoms with E-state index in [2.05, 4.69) is 28.6 Å². The highest BCUT2D eigenvalue weighted by Crippen LogP contribution is 2.14. The van der Waals surface area contributed by atoms with E-state index in [-0.39, 0.29) is 6.04 Å². The lowest BCUT2D eigenvalue weighted by atomic mass is 10.0. The van der Waals surface area contributed by atoms with Crippen LogP contribution in [-0.2, 0) is 13.0 Å². The SMILES string of the molecule is CCC(N)Cc1ccc(OCCCn2ccnc2)cc1. The van der Waals surface area contributed by atoms with Gasteiger partial charge in [-0.05, 0) is 37.0 Å². The quantitative estimate of drug-likeness (QED) is 0.752. The highest BCUT2D eigenvalue weighted by molar-refractivity contribution is 5.27. The van der Waals surface area contributed by atoms with Crippen molar-refractivity contribution in [3.05, 3.63) is 48.5 Å². The van der Waals surface area contributed by atoms with Crippen LogP contribution in [0, 0.1) is 0 Å². The van der Waals surface area contributed by atoms with Crippen LogP contribution in [0.4, 0.5) is 0 Å². The van der Waals surface area contributed by atoms with E-state index in [1.807, 2.05) is 24.7 Å². The first kappa shape index (κ1) is 14.6. The molecule has 2 N–H and O–H groups in total. The molecule has 1 aromatic heterocycles. The van der Waals surface area contributed by atoms with Gasteiger partial charge in [-0.2, -0.15) is 0 Å². The monoisotopic (exact) mass is 273 g/mol. The van der Waals surface area contributed by atoms with Gasteiger partial charge in [-0.25, -0.2) is 4.98 Å². The molecule has 2 aromatic rings. The molecule has 4 heteroatoms. The van der Waals surface area contributed by atoms with Gasteiger partial charge in [0.15, 0.2) is 0 Å². The third-order valence-corrected chi connectivity index (χ3v) is 3.33. The van der Waals surface area contributed by atoms with Gasteiger partial charge in [-0.3, -0.25) is 0 Å². The van der Waals surface area contributed by atoms with E-state index in [1.54, 1.807) is 6.20 Å². The molecule has 0 aliphatic carbocycles. The van der Waals surface area contributed by atoms with Crippen molar-refractivity contribution in [1.82, 2.24) is 9.55 Å². The van der Waals surface area contributed by atoms with Crippen LogP contribution in [0.5, 0.6) is 5.75 Å². The summed E-state index contributed by atoms with van der Waals surface area (Å²) in [5.41, 5.74) is 7.22. The fourth-order valence-electron chi connectivity index (χ4n) is 2.02. The Balaban J connectivity index is 1.70. The van der Waals surface area contributed by atoms with Crippen molar-refractivity contribution in [3.63, 3.8) is 0 Å². The Hall–Kier alpha value is -1.81. The summed E-state index contributed by atoms with van der Waals surface area (Å²) in [6.07, 6.45) is 8.49. The van der Waals surface area contributed by atoms with Gasteiger partial charge in [0.25, 0.3) is 0 Å². The third-order valence-electron chi connectivity index (χ3n) is 3.33. The largest absolute Gasteiger partial charge is 0.494 e. The maximum Gasteiger partial charge on any atom is 0.119 e. The van der Waals surface area contributed by atoms with Crippen LogP contribution in [-0.4, -0.2) is 22.2 Å². The molecular weight excluding hydrogens is 250 g/mol. The number of nitrogens with zero attached hydrogens (tertiary/aromatic N) is 2. The lowest BCUT2D eigenvalue weighted by molar-refractivity contribution is 0.301. The van der Waals surface area contributed by atoms with Gasteiger partial charge in [0.1, 0.15) is 5.75 Å². The van der Waals surface area contributed by atoms with Crippen LogP contribution in [0.25, 0.3) is 0 Å². The third kappa shape index (κ3) is 4.70. The standard InChI is InChI=1S/C16H23N3O/c1-2-15(17)12-14-4-6-16(7-5-14)20-11-3-9-19-10-8-18-13-19/h4-8,10,13,15H,2-3,9,11-12,17H2,1H3. The second-order valence-electron chi connectivity index (χ2n) is 5.02. The number of aryl methyl sites for hydroxylation is 1. The van der Waals surface area contributed by atoms with E-state index >= 15 is 0 Å². The van der Waals surface area contributed by atoms with Gasteiger partial charge in [-0.1, -0.05) is 19.1 Å². The van der Waals surface area contributed by atoms with E-state index in [4.69, 9.17) is 10.5 Å². The average Bonchev–Trinajstić information content (AvgIpc) is 2.98. The minimum absolute atomic E-state index is 0.247. The molecule has 1 unspecified atom stereocenters. The van der Waals surface area contributed by atoms with Crippen LogP contribution in [0.15, 0.2) is 43.0 Å². The minimum atomic E-state index is 0.247. The molecule has 0 saturated carbocycles. The van der Waals surface area contributed by atoms with Gasteiger partial charge in [0.2, 0.25) is 0 Å². The summed E-state index contributed by atoms with van der Waals surface area (Å²) in [5, 5.41) is 0. The van der Waals surface area contributed by atoms with E-state index in [0.29, 0.717) is 6.61 Å². The van der Waals surface area contributed by atoms with Crippen LogP contribution >= 0.6 is 0 Å². The predicted molar refractivity (Wildman–Crippen MR) is 80.8 cm³/mol. The summed E-state index contributed by atoms with van der Waals surface area (Å²) in [6, 6.07) is 8.49. The molecule has 0 amide bonds. The summed E-state index contributed by atoms with van der Waals surface area (Å²) in [4.78, 5) is 4.01. The van der Waals surface area contributed by atoms with Crippen molar-refractivity contribution >= 4 is 0 Å². The molecule has 1 aromatic carbocycles. The lowest BCUT2D eigenvalue weighted by Gasteiger charge is -2.10. The van der Waals surface area contributed by atoms with Crippen molar-refractivity contribution in [2.24, 2.45) is 5.73 Å². The Kier molecular flexibility index (Phi) is 5.62. The molecule has 2 rings (SSSR count). The number of imidazole rings is 1. The van der Waals surface area contributed by atoms with E-state index in [0.717, 1.165) is 31.6 Å². The molecular formula is C16H23N3O. The van der Waals surface area contributed by atoms with Gasteiger partial charge in [-0.15, -0.1) is 0 Å². The highest BCUT2D eigenvalue weighted by Gasteiger charge is 2.01. The number of benzene rings is 1. The molecule has 20 heavy (non-hydrogen) atoms. The number of rotatable bonds is 8. The maximum absolute atomic E-state index is 5.95. The molecule has 108 valence electrons. The first-order chi connectivity index (χ1) is 9.78. The van der Waals surface area contributed by atoms with Crippen molar-refractivity contribution in [2.75, 3.05) is 6.61 Å². The summed E-state index contributed by atoms with van der Waals surface area (Å²) in [5.74, 6) is 0.921. The molecule has 4 nitrogen and oxygen atoms in total. The Bertz CT molecular complexity index is 479. The van der Waals surface area contributed by atoms with E-state index in [9.17, 15) is 0 Å². The Labute approximate surface area is 120 Å². The first-order valence-electron chi connectivity index (χ1n) is 7.21. The molecule has 0 aliphatic rings. The zero-order valence-corrected chi connectivity index (χ0v) is 12.0. The maximum atomic E-state index is 5.95. The summed E-state index contributed by atoms with van der Waals surface area (Å²) >= 11 is 0. The second-order valence-corrected chi connectivity index (χ2v) is 5.02. The van der Waals surface area contributed by atoms with Gasteiger partial charge in [0.05, 0.1) is 12.9 Å². The van der Waals surface area contributed by atoms with Gasteiger partial charge in [0, 0.05) is 25.0 Å². The van der Waals surface area contributed by atoms with Crippen LogP contribution < -0.4 is 10.5 Å². The fourth-order valence-corrected chi connectivity index (χ4v) is 2.02. The molecule has 1 heterocycles. The number of hydrogen-bond donors (Lipinski definition) is 1. The fraction of sp³-hybridized carbons (Fsp3) is 0.438. The zero-order chi connectivity index (χ0) is 14.2. The number of nitrogens with two attached hydrogens (primary N) is 1. The Morgan fingerprint density at radius 3 is 2.75 bits per heavy atom. The summed E-state index contributed by atoms with van der Waals surface area (Å²) < 4.78 is 7.78. The summed E-state index contributed by atoms with van der Waals surface area (Å²) in [6.45, 7) is 3.76. The molecule has 1 atom stereocenters. The first-order valence-corrected chi connectivity index (χ1v) is 7.21. The van der Waals surface area contributed by atoms with Crippen LogP contribution in [0.2, 0.25) is 0 Å². The Morgan fingerprint density at radius 1 is 1.30 bits per heavy atom. The average molecular weight is 273 g/mol. The molecule has 0 radical (unpaired) electrons. The van der Waals surface area contributed by atoms with Gasteiger partial charge < -0.3 is 15.0 Å². The molecule has 0 spiro atoms. The normalized spacial score (nSPS) is 12.3. The van der Waals surface area contributed by atoms with Crippen molar-refractivity contribution in [2.45, 2.75) is 38.8 Å². The molecule has 0 aliphatic heterocycles. The number of hydrogen-bond acceptors (Lipinski definition) is 3. The number of aromatic nitrogens is 2. The van der Waals surface area contributed by atoms with Crippen molar-refractivity contribution in [3.8, 4) is 5.75 Å². The van der Waals surface area contributed by atoms with Crippen LogP contribution in [0.1, 0.15) is 25.3 Å². The predicted octanol–water partition coefficient (Wildman–Crippen LogP) is 2.63. The smallest absolute Gasteiger partial charge is 0.119 e. The molecule has 0 saturated heterocycles. The molecule has 0 bridgehead atoms. The van der Waals surface area contributed by atoms with Gasteiger partial charge >= 0.3 is 0 Å². The topological polar surface area (TPSA) is 53.1 Å². The Morgan fingerprint density at radius 2 is 2.10 bits per heavy atom.